The quantitative estimate of drug-likeness (QED) is 0.739. The van der Waals surface area contributed by atoms with E-state index < -0.39 is 0 Å². The lowest BCUT2D eigenvalue weighted by molar-refractivity contribution is 0.295. The van der Waals surface area contributed by atoms with Crippen LogP contribution in [0.15, 0.2) is 18.3 Å². The summed E-state index contributed by atoms with van der Waals surface area (Å²) in [4.78, 5) is 6.74. The van der Waals surface area contributed by atoms with Crippen molar-refractivity contribution in [3.05, 3.63) is 23.9 Å². The third kappa shape index (κ3) is 3.68. The Labute approximate surface area is 110 Å². The zero-order chi connectivity index (χ0) is 13.4. The lowest BCUT2D eigenvalue weighted by Gasteiger charge is -2.32. The average Bonchev–Trinajstić information content (AvgIpc) is 2.40. The van der Waals surface area contributed by atoms with Crippen LogP contribution in [0.25, 0.3) is 0 Å². The highest BCUT2D eigenvalue weighted by Gasteiger charge is 2.18. The Hall–Kier alpha value is -1.13. The number of anilines is 1. The van der Waals surface area contributed by atoms with Crippen molar-refractivity contribution in [1.29, 1.82) is 0 Å². The van der Waals surface area contributed by atoms with Crippen molar-refractivity contribution in [1.82, 2.24) is 10.3 Å². The van der Waals surface area contributed by atoms with E-state index in [1.807, 2.05) is 19.3 Å². The van der Waals surface area contributed by atoms with Crippen LogP contribution in [0.5, 0.6) is 0 Å². The van der Waals surface area contributed by atoms with Crippen molar-refractivity contribution in [3.63, 3.8) is 0 Å². The van der Waals surface area contributed by atoms with E-state index in [0.29, 0.717) is 12.6 Å². The number of aliphatic hydroxyl groups is 1. The molecule has 1 aromatic rings. The van der Waals surface area contributed by atoms with Gasteiger partial charge in [0.1, 0.15) is 5.82 Å². The van der Waals surface area contributed by atoms with Crippen molar-refractivity contribution >= 4 is 5.82 Å². The Balaban J connectivity index is 3.03. The highest BCUT2D eigenvalue weighted by atomic mass is 16.3. The van der Waals surface area contributed by atoms with Crippen molar-refractivity contribution in [2.45, 2.75) is 39.3 Å². The first-order valence-electron chi connectivity index (χ1n) is 6.74. The largest absolute Gasteiger partial charge is 0.395 e. The first kappa shape index (κ1) is 14.9. The molecule has 0 amide bonds. The minimum Gasteiger partial charge on any atom is -0.395 e. The molecule has 0 saturated heterocycles. The van der Waals surface area contributed by atoms with E-state index in [1.54, 1.807) is 0 Å². The summed E-state index contributed by atoms with van der Waals surface area (Å²) in [7, 11) is 1.93. The van der Waals surface area contributed by atoms with Crippen LogP contribution in [-0.4, -0.2) is 36.3 Å². The average molecular weight is 251 g/mol. The van der Waals surface area contributed by atoms with Gasteiger partial charge in [0.25, 0.3) is 0 Å². The number of pyridine rings is 1. The fourth-order valence-electron chi connectivity index (χ4n) is 2.32. The predicted octanol–water partition coefficient (Wildman–Crippen LogP) is 1.79. The molecule has 4 heteroatoms. The van der Waals surface area contributed by atoms with E-state index in [1.165, 1.54) is 5.56 Å². The van der Waals surface area contributed by atoms with Crippen LogP contribution >= 0.6 is 0 Å². The van der Waals surface area contributed by atoms with Crippen LogP contribution < -0.4 is 10.2 Å². The first-order chi connectivity index (χ1) is 8.78. The van der Waals surface area contributed by atoms with E-state index in [2.05, 4.69) is 35.1 Å². The second kappa shape index (κ2) is 8.06. The van der Waals surface area contributed by atoms with Gasteiger partial charge in [-0.3, -0.25) is 0 Å². The standard InChI is InChI=1S/C14H25N3O/c1-4-13(5-2)17(9-10-18)14-12(11-15-3)7-6-8-16-14/h6-8,13,15,18H,4-5,9-11H2,1-3H3. The number of aromatic nitrogens is 1. The molecule has 0 aromatic carbocycles. The number of rotatable bonds is 8. The molecule has 0 bridgehead atoms. The van der Waals surface area contributed by atoms with Crippen molar-refractivity contribution in [2.24, 2.45) is 0 Å². The van der Waals surface area contributed by atoms with Crippen LogP contribution in [-0.2, 0) is 6.54 Å². The third-order valence-corrected chi connectivity index (χ3v) is 3.23. The molecule has 4 nitrogen and oxygen atoms in total. The van der Waals surface area contributed by atoms with Crippen molar-refractivity contribution in [2.75, 3.05) is 25.1 Å². The second-order valence-electron chi connectivity index (χ2n) is 4.40. The first-order valence-corrected chi connectivity index (χ1v) is 6.74. The number of hydrogen-bond acceptors (Lipinski definition) is 4. The summed E-state index contributed by atoms with van der Waals surface area (Å²) in [6, 6.07) is 4.48. The minimum absolute atomic E-state index is 0.159. The molecule has 0 unspecified atom stereocenters. The van der Waals surface area contributed by atoms with Gasteiger partial charge in [-0.25, -0.2) is 4.98 Å². The smallest absolute Gasteiger partial charge is 0.133 e. The van der Waals surface area contributed by atoms with Crippen LogP contribution in [0.3, 0.4) is 0 Å². The molecule has 102 valence electrons. The summed E-state index contributed by atoms with van der Waals surface area (Å²) in [5, 5.41) is 12.4. The molecule has 2 N–H and O–H groups in total. The maximum atomic E-state index is 9.27. The molecule has 0 radical (unpaired) electrons. The van der Waals surface area contributed by atoms with Gasteiger partial charge in [-0.15, -0.1) is 0 Å². The zero-order valence-corrected chi connectivity index (χ0v) is 11.7. The molecular formula is C14H25N3O. The summed E-state index contributed by atoms with van der Waals surface area (Å²) < 4.78 is 0. The Bertz CT molecular complexity index is 340. The molecule has 0 aliphatic rings. The van der Waals surface area contributed by atoms with Gasteiger partial charge >= 0.3 is 0 Å². The molecule has 18 heavy (non-hydrogen) atoms. The number of aliphatic hydroxyl groups excluding tert-OH is 1. The maximum absolute atomic E-state index is 9.27. The van der Waals surface area contributed by atoms with Crippen LogP contribution in [0, 0.1) is 0 Å². The van der Waals surface area contributed by atoms with Crippen LogP contribution in [0.1, 0.15) is 32.3 Å². The van der Waals surface area contributed by atoms with E-state index in [0.717, 1.165) is 25.2 Å². The van der Waals surface area contributed by atoms with E-state index in [4.69, 9.17) is 0 Å². The summed E-state index contributed by atoms with van der Waals surface area (Å²) in [6.45, 7) is 5.95. The molecule has 0 spiro atoms. The van der Waals surface area contributed by atoms with Gasteiger partial charge in [-0.1, -0.05) is 19.9 Å². The predicted molar refractivity (Wildman–Crippen MR) is 75.8 cm³/mol. The minimum atomic E-state index is 0.159. The number of nitrogens with one attached hydrogen (secondary N) is 1. The van der Waals surface area contributed by atoms with Crippen molar-refractivity contribution < 1.29 is 5.11 Å². The summed E-state index contributed by atoms with van der Waals surface area (Å²) in [6.07, 6.45) is 3.94. The molecule has 0 atom stereocenters. The Morgan fingerprint density at radius 1 is 1.39 bits per heavy atom. The van der Waals surface area contributed by atoms with E-state index in [-0.39, 0.29) is 6.61 Å². The highest BCUT2D eigenvalue weighted by molar-refractivity contribution is 5.47. The number of nitrogens with zero attached hydrogens (tertiary/aromatic N) is 2. The molecular weight excluding hydrogens is 226 g/mol. The lowest BCUT2D eigenvalue weighted by atomic mass is 10.1. The zero-order valence-electron chi connectivity index (χ0n) is 11.7. The second-order valence-corrected chi connectivity index (χ2v) is 4.40. The molecule has 1 heterocycles. The lowest BCUT2D eigenvalue weighted by Crippen LogP contribution is -2.38. The van der Waals surface area contributed by atoms with Gasteiger partial charge in [0, 0.05) is 30.9 Å². The molecule has 0 fully saturated rings. The fourth-order valence-corrected chi connectivity index (χ4v) is 2.32. The SMILES string of the molecule is CCC(CC)N(CCO)c1ncccc1CNC. The van der Waals surface area contributed by atoms with Gasteiger partial charge in [0.15, 0.2) is 0 Å². The third-order valence-electron chi connectivity index (χ3n) is 3.23. The van der Waals surface area contributed by atoms with Gasteiger partial charge in [0.2, 0.25) is 0 Å². The Morgan fingerprint density at radius 3 is 2.67 bits per heavy atom. The van der Waals surface area contributed by atoms with Crippen LogP contribution in [0.4, 0.5) is 5.82 Å². The van der Waals surface area contributed by atoms with Gasteiger partial charge in [-0.2, -0.15) is 0 Å². The number of hydrogen-bond donors (Lipinski definition) is 2. The highest BCUT2D eigenvalue weighted by Crippen LogP contribution is 2.22. The molecule has 0 aliphatic carbocycles. The van der Waals surface area contributed by atoms with Gasteiger partial charge < -0.3 is 15.3 Å². The van der Waals surface area contributed by atoms with E-state index >= 15 is 0 Å². The monoisotopic (exact) mass is 251 g/mol. The van der Waals surface area contributed by atoms with Crippen molar-refractivity contribution in [3.8, 4) is 0 Å². The Kier molecular flexibility index (Phi) is 6.68. The van der Waals surface area contributed by atoms with Gasteiger partial charge in [-0.05, 0) is 26.0 Å². The summed E-state index contributed by atoms with van der Waals surface area (Å²) in [5.74, 6) is 0.995. The topological polar surface area (TPSA) is 48.4 Å². The Morgan fingerprint density at radius 2 is 2.11 bits per heavy atom. The maximum Gasteiger partial charge on any atom is 0.133 e. The molecule has 1 rings (SSSR count). The summed E-state index contributed by atoms with van der Waals surface area (Å²) in [5.41, 5.74) is 1.18. The molecule has 1 aromatic heterocycles. The fraction of sp³-hybridized carbons (Fsp3) is 0.643. The van der Waals surface area contributed by atoms with Crippen LogP contribution in [0.2, 0.25) is 0 Å². The van der Waals surface area contributed by atoms with E-state index in [9.17, 15) is 5.11 Å². The summed E-state index contributed by atoms with van der Waals surface area (Å²) >= 11 is 0. The molecule has 0 aliphatic heterocycles. The normalized spacial score (nSPS) is 10.9. The molecule has 0 saturated carbocycles. The van der Waals surface area contributed by atoms with Gasteiger partial charge in [0.05, 0.1) is 6.61 Å².